The van der Waals surface area contributed by atoms with E-state index >= 15 is 0 Å². The normalized spacial score (nSPS) is 25.1. The van der Waals surface area contributed by atoms with Crippen molar-refractivity contribution in [2.45, 2.75) is 48.0 Å². The lowest BCUT2D eigenvalue weighted by Gasteiger charge is -2.61. The highest BCUT2D eigenvalue weighted by molar-refractivity contribution is 7.86. The molecule has 0 bridgehead atoms. The molecule has 1 aromatic rings. The van der Waals surface area contributed by atoms with Crippen LogP contribution < -0.4 is 5.32 Å². The Balaban J connectivity index is 1.08. The second-order valence-corrected chi connectivity index (χ2v) is 11.0. The van der Waals surface area contributed by atoms with Gasteiger partial charge in [0.25, 0.3) is 0 Å². The summed E-state index contributed by atoms with van der Waals surface area (Å²) in [5.74, 6) is 0.385. The van der Waals surface area contributed by atoms with Gasteiger partial charge in [0.1, 0.15) is 0 Å². The Kier molecular flexibility index (Phi) is 4.62. The van der Waals surface area contributed by atoms with E-state index in [0.29, 0.717) is 50.5 Å². The maximum absolute atomic E-state index is 12.7. The Labute approximate surface area is 179 Å². The number of urea groups is 1. The summed E-state index contributed by atoms with van der Waals surface area (Å²) in [6.07, 6.45) is 6.28. The van der Waals surface area contributed by atoms with Gasteiger partial charge in [0.05, 0.1) is 10.4 Å². The first-order chi connectivity index (χ1) is 14.6. The predicted octanol–water partition coefficient (Wildman–Crippen LogP) is 2.05. The SMILES string of the molecule is O=C1CCC2(CN(C(=O)N3CC4(CC(Cc5cncc(S(=O)C(F)(F)F)c5)C4)C3)C2)N1. The van der Waals surface area contributed by atoms with Gasteiger partial charge >= 0.3 is 11.5 Å². The molecule has 3 aliphatic heterocycles. The predicted molar refractivity (Wildman–Crippen MR) is 104 cm³/mol. The van der Waals surface area contributed by atoms with Crippen molar-refractivity contribution in [3.05, 3.63) is 24.0 Å². The second-order valence-electron chi connectivity index (χ2n) is 9.54. The minimum absolute atomic E-state index is 0.0207. The average molecular weight is 456 g/mol. The van der Waals surface area contributed by atoms with Crippen LogP contribution in [0.5, 0.6) is 0 Å². The molecule has 1 unspecified atom stereocenters. The Hall–Kier alpha value is -2.17. The zero-order chi connectivity index (χ0) is 22.0. The van der Waals surface area contributed by atoms with Crippen molar-refractivity contribution in [1.82, 2.24) is 20.1 Å². The summed E-state index contributed by atoms with van der Waals surface area (Å²) in [4.78, 5) is 31.2. The van der Waals surface area contributed by atoms with E-state index in [1.54, 1.807) is 4.90 Å². The van der Waals surface area contributed by atoms with E-state index in [4.69, 9.17) is 0 Å². The maximum atomic E-state index is 12.7. The fraction of sp³-hybridized carbons (Fsp3) is 0.650. The number of carbonyl (C=O) groups excluding carboxylic acids is 2. The molecule has 1 N–H and O–H groups in total. The van der Waals surface area contributed by atoms with E-state index in [9.17, 15) is 27.0 Å². The monoisotopic (exact) mass is 456 g/mol. The lowest BCUT2D eigenvalue weighted by atomic mass is 9.56. The second kappa shape index (κ2) is 6.91. The third-order valence-electron chi connectivity index (χ3n) is 6.98. The molecular weight excluding hydrogens is 433 g/mol. The number of nitrogens with one attached hydrogen (secondary N) is 1. The van der Waals surface area contributed by atoms with Gasteiger partial charge in [0.2, 0.25) is 5.91 Å². The van der Waals surface area contributed by atoms with Crippen LogP contribution in [0, 0.1) is 11.3 Å². The molecule has 4 aliphatic rings. The zero-order valence-electron chi connectivity index (χ0n) is 16.8. The minimum Gasteiger partial charge on any atom is -0.347 e. The molecular formula is C20H23F3N4O3S. The highest BCUT2D eigenvalue weighted by Crippen LogP contribution is 2.53. The first kappa shape index (κ1) is 20.7. The number of nitrogens with zero attached hydrogens (tertiary/aromatic N) is 3. The van der Waals surface area contributed by atoms with E-state index in [0.717, 1.165) is 25.5 Å². The molecule has 4 heterocycles. The van der Waals surface area contributed by atoms with E-state index in [2.05, 4.69) is 10.3 Å². The smallest absolute Gasteiger partial charge is 0.347 e. The van der Waals surface area contributed by atoms with Crippen LogP contribution in [0.2, 0.25) is 0 Å². The minimum atomic E-state index is -4.79. The summed E-state index contributed by atoms with van der Waals surface area (Å²) >= 11 is 0. The molecule has 1 aromatic heterocycles. The summed E-state index contributed by atoms with van der Waals surface area (Å²) in [5.41, 5.74) is -4.23. The molecule has 31 heavy (non-hydrogen) atoms. The molecule has 2 spiro atoms. The number of carbonyl (C=O) groups is 2. The number of amides is 3. The van der Waals surface area contributed by atoms with Gasteiger partial charge in [-0.25, -0.2) is 9.00 Å². The fourth-order valence-electron chi connectivity index (χ4n) is 5.64. The number of rotatable bonds is 3. The summed E-state index contributed by atoms with van der Waals surface area (Å²) in [5, 5.41) is 2.98. The summed E-state index contributed by atoms with van der Waals surface area (Å²) in [6, 6.07) is 1.35. The molecule has 1 atom stereocenters. The number of alkyl halides is 3. The first-order valence-corrected chi connectivity index (χ1v) is 11.5. The van der Waals surface area contributed by atoms with Gasteiger partial charge in [0.15, 0.2) is 10.8 Å². The van der Waals surface area contributed by atoms with Gasteiger partial charge in [-0.2, -0.15) is 13.2 Å². The summed E-state index contributed by atoms with van der Waals surface area (Å²) < 4.78 is 49.5. The van der Waals surface area contributed by atoms with Crippen LogP contribution in [0.1, 0.15) is 31.2 Å². The van der Waals surface area contributed by atoms with Crippen molar-refractivity contribution in [3.63, 3.8) is 0 Å². The Morgan fingerprint density at radius 1 is 1.19 bits per heavy atom. The van der Waals surface area contributed by atoms with Crippen LogP contribution in [0.15, 0.2) is 23.4 Å². The third kappa shape index (κ3) is 3.70. The molecule has 5 rings (SSSR count). The van der Waals surface area contributed by atoms with Gasteiger partial charge in [-0.05, 0) is 43.2 Å². The molecule has 3 amide bonds. The highest BCUT2D eigenvalue weighted by Gasteiger charge is 2.56. The van der Waals surface area contributed by atoms with Gasteiger partial charge in [-0.3, -0.25) is 9.78 Å². The van der Waals surface area contributed by atoms with Crippen LogP contribution in [0.3, 0.4) is 0 Å². The quantitative estimate of drug-likeness (QED) is 0.755. The van der Waals surface area contributed by atoms with E-state index in [1.165, 1.54) is 12.3 Å². The molecule has 0 radical (unpaired) electrons. The first-order valence-electron chi connectivity index (χ1n) is 10.3. The van der Waals surface area contributed by atoms with Gasteiger partial charge in [-0.1, -0.05) is 0 Å². The Morgan fingerprint density at radius 2 is 1.87 bits per heavy atom. The number of likely N-dealkylation sites (tertiary alicyclic amines) is 2. The van der Waals surface area contributed by atoms with Crippen LogP contribution in [0.4, 0.5) is 18.0 Å². The summed E-state index contributed by atoms with van der Waals surface area (Å²) in [7, 11) is -3.07. The van der Waals surface area contributed by atoms with E-state index < -0.39 is 16.3 Å². The van der Waals surface area contributed by atoms with Crippen LogP contribution in [0.25, 0.3) is 0 Å². The lowest BCUT2D eigenvalue weighted by molar-refractivity contribution is -0.120. The molecule has 4 fully saturated rings. The van der Waals surface area contributed by atoms with Crippen molar-refractivity contribution in [2.75, 3.05) is 26.2 Å². The Bertz CT molecular complexity index is 949. The molecule has 3 saturated heterocycles. The van der Waals surface area contributed by atoms with Crippen molar-refractivity contribution in [3.8, 4) is 0 Å². The van der Waals surface area contributed by atoms with Crippen LogP contribution >= 0.6 is 0 Å². The van der Waals surface area contributed by atoms with E-state index in [-0.39, 0.29) is 27.8 Å². The Morgan fingerprint density at radius 3 is 2.48 bits per heavy atom. The fourth-order valence-corrected chi connectivity index (χ4v) is 6.32. The van der Waals surface area contributed by atoms with Crippen molar-refractivity contribution in [1.29, 1.82) is 0 Å². The summed E-state index contributed by atoms with van der Waals surface area (Å²) in [6.45, 7) is 2.56. The van der Waals surface area contributed by atoms with E-state index in [1.807, 2.05) is 4.90 Å². The third-order valence-corrected chi connectivity index (χ3v) is 8.05. The molecule has 1 saturated carbocycles. The largest absolute Gasteiger partial charge is 0.475 e. The molecule has 7 nitrogen and oxygen atoms in total. The number of aromatic nitrogens is 1. The number of hydrogen-bond donors (Lipinski definition) is 1. The van der Waals surface area contributed by atoms with Crippen molar-refractivity contribution in [2.24, 2.45) is 11.3 Å². The van der Waals surface area contributed by atoms with Gasteiger partial charge in [0, 0.05) is 50.4 Å². The standard InChI is InChI=1S/C20H23F3N4O3S/c21-20(22,23)31(30)15-4-13(7-24-8-15)3-14-5-18(6-14)9-26(10-18)17(29)27-11-19(12-27)2-1-16(28)25-19/h4,7-8,14H,1-3,5-6,9-12H2,(H,25,28). The van der Waals surface area contributed by atoms with Crippen LogP contribution in [-0.4, -0.2) is 68.2 Å². The van der Waals surface area contributed by atoms with Gasteiger partial charge < -0.3 is 15.1 Å². The maximum Gasteiger partial charge on any atom is 0.475 e. The molecule has 168 valence electrons. The number of halogens is 3. The molecule has 0 aromatic carbocycles. The highest BCUT2D eigenvalue weighted by atomic mass is 32.2. The lowest BCUT2D eigenvalue weighted by Crippen LogP contribution is -2.73. The topological polar surface area (TPSA) is 82.6 Å². The molecule has 1 aliphatic carbocycles. The number of hydrogen-bond acceptors (Lipinski definition) is 4. The van der Waals surface area contributed by atoms with Crippen molar-refractivity contribution >= 4 is 22.7 Å². The average Bonchev–Trinajstić information content (AvgIpc) is 3.02. The van der Waals surface area contributed by atoms with Gasteiger partial charge in [-0.15, -0.1) is 0 Å². The van der Waals surface area contributed by atoms with Crippen LogP contribution in [-0.2, 0) is 22.0 Å². The number of pyridine rings is 1. The zero-order valence-corrected chi connectivity index (χ0v) is 17.6. The van der Waals surface area contributed by atoms with Crippen molar-refractivity contribution < 1.29 is 27.0 Å². The molecule has 11 heteroatoms.